The molecule has 0 atom stereocenters. The zero-order valence-corrected chi connectivity index (χ0v) is 10.5. The lowest BCUT2D eigenvalue weighted by Crippen LogP contribution is -2.27. The largest absolute Gasteiger partial charge is 0.466 e. The van der Waals surface area contributed by atoms with Crippen LogP contribution in [0.2, 0.25) is 0 Å². The summed E-state index contributed by atoms with van der Waals surface area (Å²) in [4.78, 5) is 10.7. The van der Waals surface area contributed by atoms with Crippen LogP contribution in [0.1, 0.15) is 53.4 Å². The van der Waals surface area contributed by atoms with Crippen molar-refractivity contribution in [3.63, 3.8) is 0 Å². The van der Waals surface area contributed by atoms with Crippen molar-refractivity contribution in [1.82, 2.24) is 0 Å². The fraction of sp³-hybridized carbons (Fsp3) is 0.923. The third kappa shape index (κ3) is 4.23. The summed E-state index contributed by atoms with van der Waals surface area (Å²) in [5, 5.41) is 0. The highest BCUT2D eigenvalue weighted by atomic mass is 16.5. The third-order valence-electron chi connectivity index (χ3n) is 3.59. The van der Waals surface area contributed by atoms with Gasteiger partial charge >= 0.3 is 5.97 Å². The third-order valence-corrected chi connectivity index (χ3v) is 3.59. The van der Waals surface area contributed by atoms with Crippen LogP contribution in [0.3, 0.4) is 0 Å². The van der Waals surface area contributed by atoms with Crippen molar-refractivity contribution in [2.75, 3.05) is 6.61 Å². The molecule has 0 amide bonds. The van der Waals surface area contributed by atoms with Gasteiger partial charge in [0.05, 0.1) is 6.61 Å². The molecule has 0 bridgehead atoms. The average Bonchev–Trinajstić information content (AvgIpc) is 2.14. The van der Waals surface area contributed by atoms with Crippen LogP contribution >= 0.6 is 0 Å². The standard InChI is InChI=1S/C13H24O2/c1-10(14)15-9-11-5-7-12(8-6-11)13(2,3)4/h11-12H,5-9H2,1-4H3. The molecule has 1 aliphatic rings. The molecule has 0 unspecified atom stereocenters. The van der Waals surface area contributed by atoms with Crippen molar-refractivity contribution in [2.24, 2.45) is 17.3 Å². The number of ether oxygens (including phenoxy) is 1. The number of carbonyl (C=O) groups excluding carboxylic acids is 1. The van der Waals surface area contributed by atoms with Gasteiger partial charge in [-0.25, -0.2) is 0 Å². The van der Waals surface area contributed by atoms with E-state index in [4.69, 9.17) is 4.74 Å². The average molecular weight is 212 g/mol. The number of rotatable bonds is 2. The Labute approximate surface area is 93.4 Å². The minimum absolute atomic E-state index is 0.145. The molecule has 0 aromatic rings. The van der Waals surface area contributed by atoms with Gasteiger partial charge in [0.15, 0.2) is 0 Å². The predicted molar refractivity (Wildman–Crippen MR) is 61.5 cm³/mol. The molecule has 0 heterocycles. The van der Waals surface area contributed by atoms with Crippen LogP contribution < -0.4 is 0 Å². The molecule has 1 fully saturated rings. The van der Waals surface area contributed by atoms with Crippen LogP contribution in [0.4, 0.5) is 0 Å². The van der Waals surface area contributed by atoms with Crippen molar-refractivity contribution in [3.05, 3.63) is 0 Å². The Bertz CT molecular complexity index is 207. The fourth-order valence-corrected chi connectivity index (χ4v) is 2.43. The highest BCUT2D eigenvalue weighted by Crippen LogP contribution is 2.39. The topological polar surface area (TPSA) is 26.3 Å². The Morgan fingerprint density at radius 2 is 1.73 bits per heavy atom. The van der Waals surface area contributed by atoms with Gasteiger partial charge in [-0.15, -0.1) is 0 Å². The van der Waals surface area contributed by atoms with Gasteiger partial charge in [-0.3, -0.25) is 4.79 Å². The number of hydrogen-bond acceptors (Lipinski definition) is 2. The summed E-state index contributed by atoms with van der Waals surface area (Å²) in [6.07, 6.45) is 5.01. The molecule has 0 N–H and O–H groups in total. The zero-order valence-electron chi connectivity index (χ0n) is 10.5. The maximum Gasteiger partial charge on any atom is 0.302 e. The SMILES string of the molecule is CC(=O)OCC1CCC(C(C)(C)C)CC1. The van der Waals surface area contributed by atoms with Gasteiger partial charge in [-0.05, 0) is 42.9 Å². The second kappa shape index (κ2) is 5.00. The van der Waals surface area contributed by atoms with Gasteiger partial charge in [-0.2, -0.15) is 0 Å². The molecular formula is C13H24O2. The van der Waals surface area contributed by atoms with Crippen molar-refractivity contribution in [1.29, 1.82) is 0 Å². The highest BCUT2D eigenvalue weighted by Gasteiger charge is 2.29. The Kier molecular flexibility index (Phi) is 4.18. The van der Waals surface area contributed by atoms with Crippen molar-refractivity contribution in [2.45, 2.75) is 53.4 Å². The van der Waals surface area contributed by atoms with Crippen LogP contribution in [0.25, 0.3) is 0 Å². The van der Waals surface area contributed by atoms with E-state index in [9.17, 15) is 4.79 Å². The van der Waals surface area contributed by atoms with E-state index in [1.165, 1.54) is 32.6 Å². The van der Waals surface area contributed by atoms with Gasteiger partial charge in [0.1, 0.15) is 0 Å². The van der Waals surface area contributed by atoms with Gasteiger partial charge in [0, 0.05) is 6.92 Å². The predicted octanol–water partition coefficient (Wildman–Crippen LogP) is 3.40. The molecule has 1 saturated carbocycles. The maximum absolute atomic E-state index is 10.7. The Hall–Kier alpha value is -0.530. The summed E-state index contributed by atoms with van der Waals surface area (Å²) < 4.78 is 5.06. The van der Waals surface area contributed by atoms with Crippen molar-refractivity contribution < 1.29 is 9.53 Å². The monoisotopic (exact) mass is 212 g/mol. The molecule has 88 valence electrons. The van der Waals surface area contributed by atoms with E-state index in [1.807, 2.05) is 0 Å². The van der Waals surface area contributed by atoms with E-state index in [0.29, 0.717) is 17.9 Å². The smallest absolute Gasteiger partial charge is 0.302 e. The lowest BCUT2D eigenvalue weighted by Gasteiger charge is -2.36. The molecule has 1 rings (SSSR count). The summed E-state index contributed by atoms with van der Waals surface area (Å²) in [7, 11) is 0. The second-order valence-electron chi connectivity index (χ2n) is 5.89. The zero-order chi connectivity index (χ0) is 11.5. The number of esters is 1. The van der Waals surface area contributed by atoms with Crippen LogP contribution in [-0.2, 0) is 9.53 Å². The molecular weight excluding hydrogens is 188 g/mol. The van der Waals surface area contributed by atoms with Crippen LogP contribution in [0, 0.1) is 17.3 Å². The first-order valence-electron chi connectivity index (χ1n) is 6.03. The molecule has 15 heavy (non-hydrogen) atoms. The Morgan fingerprint density at radius 3 is 2.13 bits per heavy atom. The quantitative estimate of drug-likeness (QED) is 0.656. The molecule has 2 nitrogen and oxygen atoms in total. The first-order valence-corrected chi connectivity index (χ1v) is 6.03. The molecule has 0 saturated heterocycles. The first kappa shape index (κ1) is 12.5. The number of hydrogen-bond donors (Lipinski definition) is 0. The van der Waals surface area contributed by atoms with Crippen LogP contribution in [0.15, 0.2) is 0 Å². The van der Waals surface area contributed by atoms with E-state index < -0.39 is 0 Å². The fourth-order valence-electron chi connectivity index (χ4n) is 2.43. The van der Waals surface area contributed by atoms with Gasteiger partial charge in [0.25, 0.3) is 0 Å². The Morgan fingerprint density at radius 1 is 1.20 bits per heavy atom. The van der Waals surface area contributed by atoms with E-state index in [0.717, 1.165) is 5.92 Å². The Balaban J connectivity index is 2.27. The lowest BCUT2D eigenvalue weighted by atomic mass is 9.70. The molecule has 0 radical (unpaired) electrons. The summed E-state index contributed by atoms with van der Waals surface area (Å²) in [6.45, 7) is 9.09. The van der Waals surface area contributed by atoms with Crippen LogP contribution in [0.5, 0.6) is 0 Å². The molecule has 1 aliphatic carbocycles. The lowest BCUT2D eigenvalue weighted by molar-refractivity contribution is -0.142. The van der Waals surface area contributed by atoms with E-state index in [-0.39, 0.29) is 5.97 Å². The molecule has 0 aromatic heterocycles. The van der Waals surface area contributed by atoms with Crippen LogP contribution in [-0.4, -0.2) is 12.6 Å². The minimum Gasteiger partial charge on any atom is -0.466 e. The molecule has 0 aromatic carbocycles. The van der Waals surface area contributed by atoms with E-state index in [2.05, 4.69) is 20.8 Å². The summed E-state index contributed by atoms with van der Waals surface area (Å²) in [5.41, 5.74) is 0.437. The summed E-state index contributed by atoms with van der Waals surface area (Å²) in [5.74, 6) is 1.30. The van der Waals surface area contributed by atoms with Crippen molar-refractivity contribution >= 4 is 5.97 Å². The highest BCUT2D eigenvalue weighted by molar-refractivity contribution is 5.65. The first-order chi connectivity index (χ1) is 6.89. The van der Waals surface area contributed by atoms with Gasteiger partial charge in [-0.1, -0.05) is 20.8 Å². The van der Waals surface area contributed by atoms with E-state index >= 15 is 0 Å². The van der Waals surface area contributed by atoms with Gasteiger partial charge < -0.3 is 4.74 Å². The minimum atomic E-state index is -0.145. The van der Waals surface area contributed by atoms with Crippen molar-refractivity contribution in [3.8, 4) is 0 Å². The second-order valence-corrected chi connectivity index (χ2v) is 5.89. The number of carbonyl (C=O) groups is 1. The molecule has 0 aliphatic heterocycles. The molecule has 2 heteroatoms. The van der Waals surface area contributed by atoms with Gasteiger partial charge in [0.2, 0.25) is 0 Å². The summed E-state index contributed by atoms with van der Waals surface area (Å²) in [6, 6.07) is 0. The van der Waals surface area contributed by atoms with E-state index in [1.54, 1.807) is 0 Å². The normalized spacial score (nSPS) is 27.5. The maximum atomic E-state index is 10.7. The summed E-state index contributed by atoms with van der Waals surface area (Å²) >= 11 is 0. The molecule has 0 spiro atoms.